The second-order valence-electron chi connectivity index (χ2n) is 6.43. The maximum atomic E-state index is 6.13. The van der Waals surface area contributed by atoms with Crippen molar-refractivity contribution in [3.8, 4) is 0 Å². The van der Waals surface area contributed by atoms with E-state index in [0.717, 1.165) is 16.2 Å². The molecule has 1 aromatic rings. The van der Waals surface area contributed by atoms with Gasteiger partial charge in [-0.1, -0.05) is 26.2 Å². The third-order valence-electron chi connectivity index (χ3n) is 5.15. The highest BCUT2D eigenvalue weighted by molar-refractivity contribution is 9.10. The molecule has 0 aromatic carbocycles. The summed E-state index contributed by atoms with van der Waals surface area (Å²) >= 11 is 3.61. The Kier molecular flexibility index (Phi) is 4.29. The first-order chi connectivity index (χ1) is 9.69. The summed E-state index contributed by atoms with van der Waals surface area (Å²) in [6.45, 7) is 2.29. The Morgan fingerprint density at radius 2 is 1.85 bits per heavy atom. The molecule has 110 valence electrons. The van der Waals surface area contributed by atoms with E-state index in [-0.39, 0.29) is 0 Å². The monoisotopic (exact) mass is 337 g/mol. The van der Waals surface area contributed by atoms with Gasteiger partial charge >= 0.3 is 0 Å². The molecule has 2 aliphatic carbocycles. The molecule has 4 heteroatoms. The number of nitrogen functional groups attached to an aromatic ring is 1. The summed E-state index contributed by atoms with van der Waals surface area (Å²) in [6, 6.07) is 0. The Balaban J connectivity index is 1.88. The molecule has 2 N–H and O–H groups in total. The van der Waals surface area contributed by atoms with E-state index in [0.29, 0.717) is 17.7 Å². The number of hydrogen-bond donors (Lipinski definition) is 1. The van der Waals surface area contributed by atoms with Crippen LogP contribution in [0, 0.1) is 5.92 Å². The normalized spacial score (nSPS) is 27.3. The number of anilines is 1. The molecular weight excluding hydrogens is 314 g/mol. The van der Waals surface area contributed by atoms with E-state index in [4.69, 9.17) is 10.7 Å². The van der Waals surface area contributed by atoms with Crippen molar-refractivity contribution >= 4 is 21.7 Å². The molecule has 20 heavy (non-hydrogen) atoms. The zero-order valence-electron chi connectivity index (χ0n) is 12.2. The molecule has 2 atom stereocenters. The van der Waals surface area contributed by atoms with Gasteiger partial charge in [0, 0.05) is 11.8 Å². The summed E-state index contributed by atoms with van der Waals surface area (Å²) in [5, 5.41) is 0. The molecule has 0 bridgehead atoms. The number of nitrogens with zero attached hydrogens (tertiary/aromatic N) is 2. The van der Waals surface area contributed by atoms with Crippen molar-refractivity contribution in [2.24, 2.45) is 5.92 Å². The van der Waals surface area contributed by atoms with Crippen LogP contribution in [0.4, 0.5) is 5.82 Å². The van der Waals surface area contributed by atoms with Crippen LogP contribution < -0.4 is 5.73 Å². The van der Waals surface area contributed by atoms with Crippen molar-refractivity contribution in [1.29, 1.82) is 0 Å². The summed E-state index contributed by atoms with van der Waals surface area (Å²) in [4.78, 5) is 9.50. The third kappa shape index (κ3) is 2.72. The van der Waals surface area contributed by atoms with Crippen molar-refractivity contribution in [1.82, 2.24) is 9.97 Å². The van der Waals surface area contributed by atoms with Crippen LogP contribution in [0.5, 0.6) is 0 Å². The average molecular weight is 338 g/mol. The van der Waals surface area contributed by atoms with E-state index in [1.807, 2.05) is 0 Å². The number of nitrogens with two attached hydrogens (primary N) is 1. The molecule has 3 rings (SSSR count). The summed E-state index contributed by atoms with van der Waals surface area (Å²) in [5.41, 5.74) is 7.30. The van der Waals surface area contributed by atoms with Gasteiger partial charge in [-0.3, -0.25) is 0 Å². The van der Waals surface area contributed by atoms with Gasteiger partial charge in [0.15, 0.2) is 0 Å². The number of rotatable bonds is 3. The Bertz CT molecular complexity index is 483. The van der Waals surface area contributed by atoms with Gasteiger partial charge in [-0.25, -0.2) is 9.97 Å². The molecule has 3 nitrogen and oxygen atoms in total. The highest BCUT2D eigenvalue weighted by Crippen LogP contribution is 2.42. The van der Waals surface area contributed by atoms with E-state index in [9.17, 15) is 0 Å². The fourth-order valence-electron chi connectivity index (χ4n) is 3.83. The molecule has 0 spiro atoms. The first-order valence-corrected chi connectivity index (χ1v) is 8.81. The second kappa shape index (κ2) is 6.00. The molecule has 1 aromatic heterocycles. The van der Waals surface area contributed by atoms with Gasteiger partial charge in [-0.15, -0.1) is 0 Å². The average Bonchev–Trinajstić information content (AvgIpc) is 3.11. The molecule has 0 radical (unpaired) electrons. The van der Waals surface area contributed by atoms with Gasteiger partial charge in [-0.2, -0.15) is 0 Å². The van der Waals surface area contributed by atoms with Crippen molar-refractivity contribution in [2.45, 2.75) is 70.1 Å². The van der Waals surface area contributed by atoms with Crippen LogP contribution in [0.25, 0.3) is 0 Å². The second-order valence-corrected chi connectivity index (χ2v) is 7.22. The molecule has 0 amide bonds. The lowest BCUT2D eigenvalue weighted by molar-refractivity contribution is 0.515. The number of hydrogen-bond acceptors (Lipinski definition) is 3. The standard InChI is InChI=1S/C16H24BrN3/c1-2-10-7-8-12(9-10)16-19-14(11-5-3-4-6-11)13(17)15(18)20-16/h10-12H,2-9H2,1H3,(H2,18,19,20). The Hall–Kier alpha value is -0.640. The fraction of sp³-hybridized carbons (Fsp3) is 0.750. The molecule has 2 unspecified atom stereocenters. The molecule has 1 heterocycles. The molecule has 2 aliphatic rings. The quantitative estimate of drug-likeness (QED) is 0.863. The number of halogens is 1. The molecule has 0 aliphatic heterocycles. The molecular formula is C16H24BrN3. The van der Waals surface area contributed by atoms with E-state index in [1.165, 1.54) is 57.1 Å². The van der Waals surface area contributed by atoms with E-state index < -0.39 is 0 Å². The SMILES string of the molecule is CCC1CCC(c2nc(N)c(Br)c(C3CCCC3)n2)C1. The van der Waals surface area contributed by atoms with E-state index >= 15 is 0 Å². The minimum absolute atomic E-state index is 0.524. The molecule has 0 saturated heterocycles. The van der Waals surface area contributed by atoms with Crippen molar-refractivity contribution in [3.05, 3.63) is 16.0 Å². The first kappa shape index (κ1) is 14.3. The Morgan fingerprint density at radius 3 is 2.50 bits per heavy atom. The van der Waals surface area contributed by atoms with Crippen molar-refractivity contribution < 1.29 is 0 Å². The van der Waals surface area contributed by atoms with Crippen LogP contribution in [-0.2, 0) is 0 Å². The zero-order chi connectivity index (χ0) is 14.1. The third-order valence-corrected chi connectivity index (χ3v) is 5.96. The van der Waals surface area contributed by atoms with Gasteiger partial charge in [0.1, 0.15) is 11.6 Å². The minimum atomic E-state index is 0.524. The maximum Gasteiger partial charge on any atom is 0.141 e. The maximum absolute atomic E-state index is 6.13. The number of aromatic nitrogens is 2. The summed E-state index contributed by atoms with van der Waals surface area (Å²) < 4.78 is 0.943. The summed E-state index contributed by atoms with van der Waals surface area (Å²) in [5.74, 6) is 3.59. The summed E-state index contributed by atoms with van der Waals surface area (Å²) in [7, 11) is 0. The van der Waals surface area contributed by atoms with Gasteiger partial charge in [-0.05, 0) is 54.0 Å². The lowest BCUT2D eigenvalue weighted by atomic mass is 10.0. The van der Waals surface area contributed by atoms with Gasteiger partial charge in [0.25, 0.3) is 0 Å². The van der Waals surface area contributed by atoms with Gasteiger partial charge < -0.3 is 5.73 Å². The topological polar surface area (TPSA) is 51.8 Å². The van der Waals surface area contributed by atoms with Crippen LogP contribution in [0.2, 0.25) is 0 Å². The highest BCUT2D eigenvalue weighted by atomic mass is 79.9. The highest BCUT2D eigenvalue weighted by Gasteiger charge is 2.29. The predicted octanol–water partition coefficient (Wildman–Crippen LogP) is 4.77. The Labute approximate surface area is 129 Å². The lowest BCUT2D eigenvalue weighted by Crippen LogP contribution is -2.10. The van der Waals surface area contributed by atoms with Crippen LogP contribution in [-0.4, -0.2) is 9.97 Å². The first-order valence-electron chi connectivity index (χ1n) is 8.01. The van der Waals surface area contributed by atoms with Crippen LogP contribution in [0.1, 0.15) is 81.6 Å². The largest absolute Gasteiger partial charge is 0.383 e. The van der Waals surface area contributed by atoms with Gasteiger partial charge in [0.2, 0.25) is 0 Å². The molecule has 2 saturated carbocycles. The summed E-state index contributed by atoms with van der Waals surface area (Å²) in [6.07, 6.45) is 10.2. The Morgan fingerprint density at radius 1 is 1.10 bits per heavy atom. The minimum Gasteiger partial charge on any atom is -0.383 e. The van der Waals surface area contributed by atoms with Crippen LogP contribution >= 0.6 is 15.9 Å². The van der Waals surface area contributed by atoms with Crippen LogP contribution in [0.3, 0.4) is 0 Å². The van der Waals surface area contributed by atoms with Gasteiger partial charge in [0.05, 0.1) is 10.2 Å². The fourth-order valence-corrected chi connectivity index (χ4v) is 4.33. The van der Waals surface area contributed by atoms with E-state index in [1.54, 1.807) is 0 Å². The lowest BCUT2D eigenvalue weighted by Gasteiger charge is -2.16. The molecule has 2 fully saturated rings. The van der Waals surface area contributed by atoms with Crippen molar-refractivity contribution in [3.63, 3.8) is 0 Å². The zero-order valence-corrected chi connectivity index (χ0v) is 13.8. The van der Waals surface area contributed by atoms with Crippen molar-refractivity contribution in [2.75, 3.05) is 5.73 Å². The smallest absolute Gasteiger partial charge is 0.141 e. The van der Waals surface area contributed by atoms with Crippen LogP contribution in [0.15, 0.2) is 4.47 Å². The predicted molar refractivity (Wildman–Crippen MR) is 85.7 cm³/mol. The van der Waals surface area contributed by atoms with E-state index in [2.05, 4.69) is 27.8 Å².